The van der Waals surface area contributed by atoms with Crippen LogP contribution in [0.4, 0.5) is 0 Å². The van der Waals surface area contributed by atoms with E-state index in [0.717, 1.165) is 12.2 Å². The Morgan fingerprint density at radius 3 is 2.87 bits per heavy atom. The average Bonchev–Trinajstić information content (AvgIpc) is 2.77. The molecule has 4 nitrogen and oxygen atoms in total. The molecule has 1 unspecified atom stereocenters. The van der Waals surface area contributed by atoms with E-state index in [1.165, 1.54) is 9.75 Å². The molecular weight excluding hydrogens is 208 g/mol. The van der Waals surface area contributed by atoms with E-state index in [9.17, 15) is 0 Å². The second-order valence-electron chi connectivity index (χ2n) is 3.56. The number of hydrogen-bond acceptors (Lipinski definition) is 4. The minimum absolute atomic E-state index is 0.0200. The van der Waals surface area contributed by atoms with Crippen LogP contribution in [0.25, 0.3) is 0 Å². The summed E-state index contributed by atoms with van der Waals surface area (Å²) in [6.07, 6.45) is 2.29. The van der Waals surface area contributed by atoms with Crippen molar-refractivity contribution in [3.63, 3.8) is 0 Å². The van der Waals surface area contributed by atoms with E-state index in [0.29, 0.717) is 0 Å². The molecule has 0 saturated carbocycles. The molecule has 15 heavy (non-hydrogen) atoms. The molecule has 0 aliphatic carbocycles. The first kappa shape index (κ1) is 10.3. The van der Waals surface area contributed by atoms with Gasteiger partial charge in [-0.05, 0) is 19.1 Å². The quantitative estimate of drug-likeness (QED) is 0.854. The Kier molecular flexibility index (Phi) is 2.83. The number of nitrogens with two attached hydrogens (primary N) is 1. The van der Waals surface area contributed by atoms with Crippen LogP contribution >= 0.6 is 11.3 Å². The van der Waals surface area contributed by atoms with Gasteiger partial charge in [-0.1, -0.05) is 0 Å². The lowest BCUT2D eigenvalue weighted by Crippen LogP contribution is -2.14. The number of aromatic nitrogens is 3. The van der Waals surface area contributed by atoms with Crippen molar-refractivity contribution >= 4 is 11.3 Å². The van der Waals surface area contributed by atoms with E-state index in [1.807, 2.05) is 7.05 Å². The summed E-state index contributed by atoms with van der Waals surface area (Å²) in [4.78, 5) is 6.66. The summed E-state index contributed by atoms with van der Waals surface area (Å²) >= 11 is 1.74. The van der Waals surface area contributed by atoms with Crippen molar-refractivity contribution in [1.82, 2.24) is 14.8 Å². The largest absolute Gasteiger partial charge is 0.323 e. The summed E-state index contributed by atoms with van der Waals surface area (Å²) in [5.74, 6) is 0.925. The van der Waals surface area contributed by atoms with E-state index in [1.54, 1.807) is 22.3 Å². The van der Waals surface area contributed by atoms with Crippen molar-refractivity contribution < 1.29 is 0 Å². The number of hydrogen-bond donors (Lipinski definition) is 1. The van der Waals surface area contributed by atoms with Gasteiger partial charge in [0.15, 0.2) is 0 Å². The topological polar surface area (TPSA) is 56.7 Å². The first-order chi connectivity index (χ1) is 7.16. The lowest BCUT2D eigenvalue weighted by atomic mass is 10.2. The summed E-state index contributed by atoms with van der Waals surface area (Å²) in [5, 5.41) is 4.02. The van der Waals surface area contributed by atoms with Gasteiger partial charge in [0.25, 0.3) is 0 Å². The van der Waals surface area contributed by atoms with Gasteiger partial charge in [-0.25, -0.2) is 4.98 Å². The molecule has 0 aliphatic heterocycles. The van der Waals surface area contributed by atoms with E-state index >= 15 is 0 Å². The van der Waals surface area contributed by atoms with Crippen LogP contribution in [0.3, 0.4) is 0 Å². The molecule has 0 fully saturated rings. The van der Waals surface area contributed by atoms with Gasteiger partial charge < -0.3 is 5.73 Å². The second-order valence-corrected chi connectivity index (χ2v) is 4.88. The van der Waals surface area contributed by atoms with Crippen LogP contribution in [0.2, 0.25) is 0 Å². The third-order valence-corrected chi connectivity index (χ3v) is 3.47. The molecule has 0 amide bonds. The minimum atomic E-state index is 0.0200. The third kappa shape index (κ3) is 2.24. The Hall–Kier alpha value is -1.20. The molecule has 2 rings (SSSR count). The molecule has 0 bridgehead atoms. The molecule has 0 aliphatic rings. The molecule has 0 saturated heterocycles. The molecule has 2 N–H and O–H groups in total. The van der Waals surface area contributed by atoms with Crippen molar-refractivity contribution in [3.8, 4) is 0 Å². The van der Waals surface area contributed by atoms with Gasteiger partial charge in [-0.2, -0.15) is 5.10 Å². The van der Waals surface area contributed by atoms with E-state index in [2.05, 4.69) is 29.1 Å². The maximum Gasteiger partial charge on any atom is 0.138 e. The van der Waals surface area contributed by atoms with Crippen LogP contribution in [0.5, 0.6) is 0 Å². The summed E-state index contributed by atoms with van der Waals surface area (Å²) in [6.45, 7) is 2.09. The van der Waals surface area contributed by atoms with E-state index < -0.39 is 0 Å². The van der Waals surface area contributed by atoms with Gasteiger partial charge in [0, 0.05) is 29.3 Å². The van der Waals surface area contributed by atoms with E-state index in [4.69, 9.17) is 5.73 Å². The highest BCUT2D eigenvalue weighted by atomic mass is 32.1. The maximum atomic E-state index is 6.10. The molecule has 0 aromatic carbocycles. The third-order valence-electron chi connectivity index (χ3n) is 2.33. The Balaban J connectivity index is 2.10. The van der Waals surface area contributed by atoms with Crippen LogP contribution in [-0.4, -0.2) is 14.8 Å². The van der Waals surface area contributed by atoms with Gasteiger partial charge in [0.1, 0.15) is 12.2 Å². The summed E-state index contributed by atoms with van der Waals surface area (Å²) in [7, 11) is 1.88. The Bertz CT molecular complexity index is 446. The lowest BCUT2D eigenvalue weighted by Gasteiger charge is -2.08. The first-order valence-corrected chi connectivity index (χ1v) is 5.63. The van der Waals surface area contributed by atoms with Crippen LogP contribution in [0.15, 0.2) is 18.5 Å². The van der Waals surface area contributed by atoms with Crippen LogP contribution in [-0.2, 0) is 13.5 Å². The number of rotatable bonds is 3. The van der Waals surface area contributed by atoms with Gasteiger partial charge in [0.2, 0.25) is 0 Å². The zero-order valence-corrected chi connectivity index (χ0v) is 9.66. The van der Waals surface area contributed by atoms with Crippen molar-refractivity contribution in [2.75, 3.05) is 0 Å². The monoisotopic (exact) mass is 222 g/mol. The summed E-state index contributed by atoms with van der Waals surface area (Å²) in [5.41, 5.74) is 6.10. The van der Waals surface area contributed by atoms with Gasteiger partial charge >= 0.3 is 0 Å². The average molecular weight is 222 g/mol. The first-order valence-electron chi connectivity index (χ1n) is 4.81. The van der Waals surface area contributed by atoms with Gasteiger partial charge in [-0.3, -0.25) is 4.68 Å². The lowest BCUT2D eigenvalue weighted by molar-refractivity contribution is 0.635. The molecule has 1 atom stereocenters. The standard InChI is InChI=1S/C10H14N4S/c1-7-3-4-9(15-7)8(11)5-10-12-6-13-14(10)2/h3-4,6,8H,5,11H2,1-2H3. The van der Waals surface area contributed by atoms with Crippen LogP contribution < -0.4 is 5.73 Å². The summed E-state index contributed by atoms with van der Waals surface area (Å²) < 4.78 is 1.76. The fraction of sp³-hybridized carbons (Fsp3) is 0.400. The molecule has 80 valence electrons. The zero-order chi connectivity index (χ0) is 10.8. The zero-order valence-electron chi connectivity index (χ0n) is 8.84. The SMILES string of the molecule is Cc1ccc(C(N)Cc2ncnn2C)s1. The number of nitrogens with zero attached hydrogens (tertiary/aromatic N) is 3. The van der Waals surface area contributed by atoms with Crippen molar-refractivity contribution in [2.24, 2.45) is 12.8 Å². The molecular formula is C10H14N4S. The Morgan fingerprint density at radius 2 is 2.33 bits per heavy atom. The highest BCUT2D eigenvalue weighted by molar-refractivity contribution is 7.12. The smallest absolute Gasteiger partial charge is 0.138 e. The number of thiophene rings is 1. The predicted octanol–water partition coefficient (Wildman–Crippen LogP) is 1.43. The van der Waals surface area contributed by atoms with Crippen molar-refractivity contribution in [3.05, 3.63) is 34.0 Å². The highest BCUT2D eigenvalue weighted by Crippen LogP contribution is 2.23. The summed E-state index contributed by atoms with van der Waals surface area (Å²) in [6, 6.07) is 4.20. The molecule has 0 radical (unpaired) electrons. The molecule has 0 spiro atoms. The fourth-order valence-corrected chi connectivity index (χ4v) is 2.33. The normalized spacial score (nSPS) is 13.0. The van der Waals surface area contributed by atoms with E-state index in [-0.39, 0.29) is 6.04 Å². The fourth-order valence-electron chi connectivity index (χ4n) is 1.45. The Labute approximate surface area is 92.8 Å². The predicted molar refractivity (Wildman–Crippen MR) is 60.7 cm³/mol. The van der Waals surface area contributed by atoms with Gasteiger partial charge in [0.05, 0.1) is 0 Å². The molecule has 5 heteroatoms. The minimum Gasteiger partial charge on any atom is -0.323 e. The Morgan fingerprint density at radius 1 is 1.53 bits per heavy atom. The molecule has 2 aromatic heterocycles. The van der Waals surface area contributed by atoms with Crippen LogP contribution in [0, 0.1) is 6.92 Å². The van der Waals surface area contributed by atoms with Crippen molar-refractivity contribution in [2.45, 2.75) is 19.4 Å². The van der Waals surface area contributed by atoms with Crippen LogP contribution in [0.1, 0.15) is 21.6 Å². The highest BCUT2D eigenvalue weighted by Gasteiger charge is 2.11. The molecule has 2 aromatic rings. The van der Waals surface area contributed by atoms with Gasteiger partial charge in [-0.15, -0.1) is 11.3 Å². The second kappa shape index (κ2) is 4.12. The van der Waals surface area contributed by atoms with Crippen molar-refractivity contribution in [1.29, 1.82) is 0 Å². The molecule has 2 heterocycles. The maximum absolute atomic E-state index is 6.10. The number of aryl methyl sites for hydroxylation is 2.